The van der Waals surface area contributed by atoms with Gasteiger partial charge in [0.2, 0.25) is 10.0 Å². The van der Waals surface area contributed by atoms with Gasteiger partial charge in [0.15, 0.2) is 5.82 Å². The van der Waals surface area contributed by atoms with Gasteiger partial charge in [0.1, 0.15) is 16.3 Å². The van der Waals surface area contributed by atoms with Gasteiger partial charge in [-0.3, -0.25) is 0 Å². The Bertz CT molecular complexity index is 642. The molecule has 1 fully saturated rings. The third-order valence-electron chi connectivity index (χ3n) is 2.86. The standard InChI is InChI=1S/C11H11F2NO4S2/c12-7-1-2-8(10(13)9(7)11(15)16)20(17,18)14-3-5-19-6-4-14/h1-2H,3-6H2,(H,15,16). The molecule has 1 saturated heterocycles. The molecule has 0 unspecified atom stereocenters. The van der Waals surface area contributed by atoms with Gasteiger partial charge in [-0.15, -0.1) is 0 Å². The molecule has 1 aliphatic heterocycles. The minimum atomic E-state index is -4.15. The first-order valence-corrected chi connectivity index (χ1v) is 8.24. The van der Waals surface area contributed by atoms with Crippen molar-refractivity contribution >= 4 is 27.8 Å². The fourth-order valence-electron chi connectivity index (χ4n) is 1.85. The molecule has 0 aliphatic carbocycles. The summed E-state index contributed by atoms with van der Waals surface area (Å²) in [5.41, 5.74) is -1.25. The number of hydrogen-bond donors (Lipinski definition) is 1. The van der Waals surface area contributed by atoms with E-state index in [2.05, 4.69) is 0 Å². The van der Waals surface area contributed by atoms with E-state index in [1.807, 2.05) is 0 Å². The van der Waals surface area contributed by atoms with Gasteiger partial charge < -0.3 is 5.11 Å². The van der Waals surface area contributed by atoms with Gasteiger partial charge in [-0.1, -0.05) is 0 Å². The van der Waals surface area contributed by atoms with E-state index in [0.29, 0.717) is 17.6 Å². The number of sulfonamides is 1. The number of carbonyl (C=O) groups is 1. The molecule has 5 nitrogen and oxygen atoms in total. The summed E-state index contributed by atoms with van der Waals surface area (Å²) in [7, 11) is -4.15. The number of halogens is 2. The number of thioether (sulfide) groups is 1. The maximum atomic E-state index is 14.0. The molecule has 0 saturated carbocycles. The molecule has 9 heteroatoms. The highest BCUT2D eigenvalue weighted by atomic mass is 32.2. The molecule has 1 heterocycles. The summed E-state index contributed by atoms with van der Waals surface area (Å²) in [6.45, 7) is 0.429. The average Bonchev–Trinajstić information content (AvgIpc) is 2.39. The number of benzene rings is 1. The number of rotatable bonds is 3. The third-order valence-corrected chi connectivity index (χ3v) is 5.72. The maximum absolute atomic E-state index is 14.0. The van der Waals surface area contributed by atoms with Crippen LogP contribution in [-0.4, -0.2) is 48.4 Å². The molecule has 0 atom stereocenters. The van der Waals surface area contributed by atoms with Crippen molar-refractivity contribution in [2.75, 3.05) is 24.6 Å². The van der Waals surface area contributed by atoms with Crippen LogP contribution in [0.3, 0.4) is 0 Å². The van der Waals surface area contributed by atoms with Crippen LogP contribution >= 0.6 is 11.8 Å². The lowest BCUT2D eigenvalue weighted by atomic mass is 10.2. The minimum absolute atomic E-state index is 0.215. The fourth-order valence-corrected chi connectivity index (χ4v) is 4.50. The highest BCUT2D eigenvalue weighted by Crippen LogP contribution is 2.25. The van der Waals surface area contributed by atoms with Crippen LogP contribution < -0.4 is 0 Å². The van der Waals surface area contributed by atoms with Crippen LogP contribution in [-0.2, 0) is 10.0 Å². The molecule has 0 aromatic heterocycles. The molecule has 0 radical (unpaired) electrons. The van der Waals surface area contributed by atoms with E-state index < -0.39 is 38.1 Å². The molecule has 2 rings (SSSR count). The van der Waals surface area contributed by atoms with E-state index in [1.54, 1.807) is 11.8 Å². The largest absolute Gasteiger partial charge is 0.477 e. The van der Waals surface area contributed by atoms with Crippen LogP contribution in [0.15, 0.2) is 17.0 Å². The lowest BCUT2D eigenvalue weighted by molar-refractivity contribution is 0.0685. The average molecular weight is 323 g/mol. The molecular formula is C11H11F2NO4S2. The summed E-state index contributed by atoms with van der Waals surface area (Å²) in [5.74, 6) is -3.55. The summed E-state index contributed by atoms with van der Waals surface area (Å²) in [6, 6.07) is 1.41. The second kappa shape index (κ2) is 5.66. The number of nitrogens with zero attached hydrogens (tertiary/aromatic N) is 1. The van der Waals surface area contributed by atoms with Crippen molar-refractivity contribution < 1.29 is 27.1 Å². The zero-order valence-electron chi connectivity index (χ0n) is 10.2. The predicted molar refractivity (Wildman–Crippen MR) is 69.4 cm³/mol. The molecule has 1 aromatic carbocycles. The molecule has 0 amide bonds. The highest BCUT2D eigenvalue weighted by Gasteiger charge is 2.32. The molecule has 20 heavy (non-hydrogen) atoms. The minimum Gasteiger partial charge on any atom is -0.477 e. The Labute approximate surface area is 118 Å². The highest BCUT2D eigenvalue weighted by molar-refractivity contribution is 7.99. The molecule has 1 aliphatic rings. The van der Waals surface area contributed by atoms with Crippen LogP contribution in [0, 0.1) is 11.6 Å². The number of carboxylic acid groups (broad SMARTS) is 1. The first kappa shape index (κ1) is 15.2. The van der Waals surface area contributed by atoms with Gasteiger partial charge in [-0.2, -0.15) is 16.1 Å². The Morgan fingerprint density at radius 1 is 1.25 bits per heavy atom. The van der Waals surface area contributed by atoms with Crippen molar-refractivity contribution in [1.82, 2.24) is 4.31 Å². The number of hydrogen-bond acceptors (Lipinski definition) is 4. The normalized spacial score (nSPS) is 17.1. The second-order valence-corrected chi connectivity index (χ2v) is 7.19. The van der Waals surface area contributed by atoms with E-state index in [9.17, 15) is 22.0 Å². The number of carboxylic acids is 1. The fraction of sp³-hybridized carbons (Fsp3) is 0.364. The van der Waals surface area contributed by atoms with Crippen molar-refractivity contribution in [2.45, 2.75) is 4.90 Å². The van der Waals surface area contributed by atoms with E-state index in [0.717, 1.165) is 10.4 Å². The summed E-state index contributed by atoms with van der Waals surface area (Å²) >= 11 is 1.57. The Balaban J connectivity index is 2.52. The van der Waals surface area contributed by atoms with E-state index in [1.165, 1.54) is 0 Å². The van der Waals surface area contributed by atoms with Gasteiger partial charge in [-0.05, 0) is 12.1 Å². The van der Waals surface area contributed by atoms with Crippen LogP contribution in [0.2, 0.25) is 0 Å². The zero-order valence-corrected chi connectivity index (χ0v) is 11.8. The van der Waals surface area contributed by atoms with E-state index in [4.69, 9.17) is 5.11 Å². The molecule has 110 valence electrons. The second-order valence-electron chi connectivity index (χ2n) is 4.06. The molecule has 0 bridgehead atoms. The third kappa shape index (κ3) is 2.65. The van der Waals surface area contributed by atoms with Gasteiger partial charge >= 0.3 is 5.97 Å². The van der Waals surface area contributed by atoms with Crippen LogP contribution in [0.4, 0.5) is 8.78 Å². The van der Waals surface area contributed by atoms with Gasteiger partial charge in [-0.25, -0.2) is 22.0 Å². The van der Waals surface area contributed by atoms with Crippen molar-refractivity contribution in [1.29, 1.82) is 0 Å². The lowest BCUT2D eigenvalue weighted by Crippen LogP contribution is -2.38. The summed E-state index contributed by atoms with van der Waals surface area (Å²) in [6.07, 6.45) is 0. The Hall–Kier alpha value is -1.19. The van der Waals surface area contributed by atoms with Crippen molar-refractivity contribution in [3.8, 4) is 0 Å². The quantitative estimate of drug-likeness (QED) is 0.910. The summed E-state index contributed by atoms with van der Waals surface area (Å²) < 4.78 is 52.9. The number of aromatic carboxylic acids is 1. The lowest BCUT2D eigenvalue weighted by Gasteiger charge is -2.25. The van der Waals surface area contributed by atoms with Gasteiger partial charge in [0.25, 0.3) is 0 Å². The molecule has 1 N–H and O–H groups in total. The smallest absolute Gasteiger partial charge is 0.341 e. The maximum Gasteiger partial charge on any atom is 0.341 e. The Kier molecular flexibility index (Phi) is 4.31. The van der Waals surface area contributed by atoms with Crippen molar-refractivity contribution in [3.05, 3.63) is 29.3 Å². The Morgan fingerprint density at radius 2 is 1.85 bits per heavy atom. The Morgan fingerprint density at radius 3 is 2.40 bits per heavy atom. The monoisotopic (exact) mass is 323 g/mol. The van der Waals surface area contributed by atoms with E-state index >= 15 is 0 Å². The first-order valence-electron chi connectivity index (χ1n) is 5.65. The first-order chi connectivity index (χ1) is 9.35. The predicted octanol–water partition coefficient (Wildman–Crippen LogP) is 1.40. The summed E-state index contributed by atoms with van der Waals surface area (Å²) in [4.78, 5) is 10.0. The van der Waals surface area contributed by atoms with E-state index in [-0.39, 0.29) is 13.1 Å². The van der Waals surface area contributed by atoms with Crippen molar-refractivity contribution in [3.63, 3.8) is 0 Å². The SMILES string of the molecule is O=C(O)c1c(F)ccc(S(=O)(=O)N2CCSCC2)c1F. The van der Waals surface area contributed by atoms with Crippen LogP contribution in [0.1, 0.15) is 10.4 Å². The van der Waals surface area contributed by atoms with Gasteiger partial charge in [0.05, 0.1) is 0 Å². The van der Waals surface area contributed by atoms with Gasteiger partial charge in [0, 0.05) is 24.6 Å². The van der Waals surface area contributed by atoms with Crippen LogP contribution in [0.25, 0.3) is 0 Å². The molecule has 0 spiro atoms. The molecule has 1 aromatic rings. The molecular weight excluding hydrogens is 312 g/mol. The van der Waals surface area contributed by atoms with Crippen molar-refractivity contribution in [2.24, 2.45) is 0 Å². The zero-order chi connectivity index (χ0) is 14.9. The summed E-state index contributed by atoms with van der Waals surface area (Å²) in [5, 5.41) is 8.76. The topological polar surface area (TPSA) is 74.7 Å². The van der Waals surface area contributed by atoms with Crippen LogP contribution in [0.5, 0.6) is 0 Å².